The number of amides is 2. The second-order valence-corrected chi connectivity index (χ2v) is 7.24. The largest absolute Gasteiger partial charge is 0.465 e. The first-order chi connectivity index (χ1) is 12.9. The summed E-state index contributed by atoms with van der Waals surface area (Å²) in [5.74, 6) is -1.91. The number of ether oxygens (including phenoxy) is 1. The third-order valence-corrected chi connectivity index (χ3v) is 5.63. The van der Waals surface area contributed by atoms with Gasteiger partial charge in [0.1, 0.15) is 10.8 Å². The Morgan fingerprint density at radius 3 is 2.56 bits per heavy atom. The molecule has 27 heavy (non-hydrogen) atoms. The van der Waals surface area contributed by atoms with Crippen LogP contribution in [0, 0.1) is 12.7 Å². The number of likely N-dealkylation sites (tertiary alicyclic amines) is 1. The molecule has 1 fully saturated rings. The Labute approximate surface area is 159 Å². The zero-order valence-corrected chi connectivity index (χ0v) is 15.8. The molecule has 2 amide bonds. The van der Waals surface area contributed by atoms with E-state index in [9.17, 15) is 18.8 Å². The molecule has 1 aliphatic heterocycles. The number of carbonyl (C=O) groups is 3. The summed E-state index contributed by atoms with van der Waals surface area (Å²) in [6, 6.07) is 5.23. The molecular formula is C19H19FN2O4S. The monoisotopic (exact) mass is 390 g/mol. The fraction of sp³-hybridized carbons (Fsp3) is 0.316. The van der Waals surface area contributed by atoms with Gasteiger partial charge in [0.05, 0.1) is 17.6 Å². The molecule has 1 N–H and O–H groups in total. The molecule has 0 unspecified atom stereocenters. The van der Waals surface area contributed by atoms with Crippen molar-refractivity contribution in [1.82, 2.24) is 4.90 Å². The number of benzene rings is 1. The zero-order valence-electron chi connectivity index (χ0n) is 15.0. The molecule has 8 heteroatoms. The maximum absolute atomic E-state index is 13.4. The van der Waals surface area contributed by atoms with E-state index in [0.717, 1.165) is 30.2 Å². The highest BCUT2D eigenvalue weighted by molar-refractivity contribution is 7.18. The van der Waals surface area contributed by atoms with Crippen LogP contribution in [0.3, 0.4) is 0 Å². The number of esters is 1. The molecule has 0 atom stereocenters. The molecule has 1 saturated heterocycles. The number of hydrogen-bond acceptors (Lipinski definition) is 5. The van der Waals surface area contributed by atoms with Gasteiger partial charge in [-0.3, -0.25) is 9.59 Å². The summed E-state index contributed by atoms with van der Waals surface area (Å²) in [5, 5.41) is 2.84. The summed E-state index contributed by atoms with van der Waals surface area (Å²) in [6.45, 7) is 3.01. The van der Waals surface area contributed by atoms with Crippen LogP contribution in [0.5, 0.6) is 0 Å². The number of nitrogens with one attached hydrogen (secondary N) is 1. The van der Waals surface area contributed by atoms with Crippen molar-refractivity contribution >= 4 is 34.1 Å². The lowest BCUT2D eigenvalue weighted by Gasteiger charge is -2.14. The van der Waals surface area contributed by atoms with Crippen LogP contribution in [-0.2, 0) is 4.74 Å². The van der Waals surface area contributed by atoms with E-state index in [4.69, 9.17) is 4.74 Å². The van der Waals surface area contributed by atoms with Gasteiger partial charge in [-0.25, -0.2) is 9.18 Å². The number of carbonyl (C=O) groups excluding carboxylic acids is 3. The molecule has 0 radical (unpaired) electrons. The van der Waals surface area contributed by atoms with Crippen LogP contribution >= 0.6 is 11.3 Å². The second kappa shape index (κ2) is 7.87. The molecule has 0 aliphatic carbocycles. The number of hydrogen-bond donors (Lipinski definition) is 1. The molecular weight excluding hydrogens is 371 g/mol. The van der Waals surface area contributed by atoms with Gasteiger partial charge < -0.3 is 15.0 Å². The van der Waals surface area contributed by atoms with Gasteiger partial charge in [0.25, 0.3) is 11.8 Å². The highest BCUT2D eigenvalue weighted by Crippen LogP contribution is 2.35. The van der Waals surface area contributed by atoms with Crippen LogP contribution in [0.1, 0.15) is 48.8 Å². The number of anilines is 1. The lowest BCUT2D eigenvalue weighted by Crippen LogP contribution is -2.27. The van der Waals surface area contributed by atoms with Crippen LogP contribution in [0.25, 0.3) is 0 Å². The molecule has 0 saturated carbocycles. The molecule has 1 aromatic carbocycles. The normalized spacial score (nSPS) is 13.5. The maximum atomic E-state index is 13.4. The molecule has 142 valence electrons. The van der Waals surface area contributed by atoms with Gasteiger partial charge in [0, 0.05) is 18.7 Å². The van der Waals surface area contributed by atoms with Crippen LogP contribution < -0.4 is 5.32 Å². The first kappa shape index (κ1) is 19.0. The minimum absolute atomic E-state index is 0.115. The van der Waals surface area contributed by atoms with Crippen molar-refractivity contribution in [3.05, 3.63) is 51.7 Å². The highest BCUT2D eigenvalue weighted by Gasteiger charge is 2.29. The van der Waals surface area contributed by atoms with Gasteiger partial charge in [0.2, 0.25) is 0 Å². The SMILES string of the molecule is COC(=O)c1c(NC(=O)c2cccc(F)c2)sc(C(=O)N2CCCC2)c1C. The topological polar surface area (TPSA) is 75.7 Å². The van der Waals surface area contributed by atoms with E-state index in [2.05, 4.69) is 5.32 Å². The van der Waals surface area contributed by atoms with Crippen LogP contribution in [0.4, 0.5) is 9.39 Å². The van der Waals surface area contributed by atoms with Gasteiger partial charge in [-0.1, -0.05) is 6.07 Å². The Kier molecular flexibility index (Phi) is 5.55. The number of thiophene rings is 1. The van der Waals surface area contributed by atoms with Crippen LogP contribution in [0.15, 0.2) is 24.3 Å². The predicted molar refractivity (Wildman–Crippen MR) is 99.9 cm³/mol. The van der Waals surface area contributed by atoms with Gasteiger partial charge in [-0.05, 0) is 43.5 Å². The summed E-state index contributed by atoms with van der Waals surface area (Å²) in [4.78, 5) is 39.6. The van der Waals surface area contributed by atoms with Gasteiger partial charge in [-0.2, -0.15) is 0 Å². The summed E-state index contributed by atoms with van der Waals surface area (Å²) < 4.78 is 18.2. The van der Waals surface area contributed by atoms with E-state index in [1.165, 1.54) is 25.3 Å². The summed E-state index contributed by atoms with van der Waals surface area (Å²) >= 11 is 1.03. The first-order valence-corrected chi connectivity index (χ1v) is 9.32. The van der Waals surface area contributed by atoms with Crippen molar-refractivity contribution in [1.29, 1.82) is 0 Å². The Morgan fingerprint density at radius 1 is 1.22 bits per heavy atom. The van der Waals surface area contributed by atoms with Crippen molar-refractivity contribution in [2.24, 2.45) is 0 Å². The average Bonchev–Trinajstić information content (AvgIpc) is 3.29. The van der Waals surface area contributed by atoms with Crippen LogP contribution in [0.2, 0.25) is 0 Å². The Balaban J connectivity index is 1.95. The van der Waals surface area contributed by atoms with Crippen molar-refractivity contribution in [2.45, 2.75) is 19.8 Å². The molecule has 2 aromatic rings. The van der Waals surface area contributed by atoms with E-state index in [0.29, 0.717) is 23.5 Å². The van der Waals surface area contributed by atoms with Crippen molar-refractivity contribution in [3.8, 4) is 0 Å². The standard InChI is InChI=1S/C19H19FN2O4S/c1-11-14(19(25)26-2)17(21-16(23)12-6-5-7-13(20)10-12)27-15(11)18(24)22-8-3-4-9-22/h5-7,10H,3-4,8-9H2,1-2H3,(H,21,23). The Bertz CT molecular complexity index is 903. The van der Waals surface area contributed by atoms with Crippen molar-refractivity contribution < 1.29 is 23.5 Å². The fourth-order valence-electron chi connectivity index (χ4n) is 3.02. The van der Waals surface area contributed by atoms with E-state index >= 15 is 0 Å². The van der Waals surface area contributed by atoms with E-state index in [1.54, 1.807) is 11.8 Å². The third-order valence-electron chi connectivity index (χ3n) is 4.44. The minimum atomic E-state index is -0.640. The summed E-state index contributed by atoms with van der Waals surface area (Å²) in [6.07, 6.45) is 1.90. The van der Waals surface area contributed by atoms with Crippen molar-refractivity contribution in [3.63, 3.8) is 0 Å². The third kappa shape index (κ3) is 3.85. The van der Waals surface area contributed by atoms with Gasteiger partial charge >= 0.3 is 5.97 Å². The van der Waals surface area contributed by atoms with E-state index in [1.807, 2.05) is 0 Å². The molecule has 3 rings (SSSR count). The van der Waals surface area contributed by atoms with Gasteiger partial charge in [0.15, 0.2) is 0 Å². The molecule has 1 aliphatic rings. The fourth-order valence-corrected chi connectivity index (χ4v) is 4.18. The first-order valence-electron chi connectivity index (χ1n) is 8.50. The lowest BCUT2D eigenvalue weighted by molar-refractivity contribution is 0.0601. The molecule has 0 bridgehead atoms. The van der Waals surface area contributed by atoms with Crippen molar-refractivity contribution in [2.75, 3.05) is 25.5 Å². The molecule has 1 aromatic heterocycles. The lowest BCUT2D eigenvalue weighted by atomic mass is 10.1. The highest BCUT2D eigenvalue weighted by atomic mass is 32.1. The zero-order chi connectivity index (χ0) is 19.6. The molecule has 2 heterocycles. The Hall–Kier alpha value is -2.74. The molecule has 6 nitrogen and oxygen atoms in total. The van der Waals surface area contributed by atoms with Gasteiger partial charge in [-0.15, -0.1) is 11.3 Å². The van der Waals surface area contributed by atoms with E-state index in [-0.39, 0.29) is 22.0 Å². The number of rotatable bonds is 4. The second-order valence-electron chi connectivity index (χ2n) is 6.22. The van der Waals surface area contributed by atoms with Crippen LogP contribution in [-0.4, -0.2) is 42.9 Å². The number of halogens is 1. The number of nitrogens with zero attached hydrogens (tertiary/aromatic N) is 1. The predicted octanol–water partition coefficient (Wildman–Crippen LogP) is 3.47. The van der Waals surface area contributed by atoms with E-state index < -0.39 is 17.7 Å². The number of methoxy groups -OCH3 is 1. The quantitative estimate of drug-likeness (QED) is 0.811. The maximum Gasteiger partial charge on any atom is 0.341 e. The minimum Gasteiger partial charge on any atom is -0.465 e. The molecule has 0 spiro atoms. The average molecular weight is 390 g/mol. The summed E-state index contributed by atoms with van der Waals surface area (Å²) in [7, 11) is 1.24. The smallest absolute Gasteiger partial charge is 0.341 e. The summed E-state index contributed by atoms with van der Waals surface area (Å²) in [5.41, 5.74) is 0.734. The Morgan fingerprint density at radius 2 is 1.93 bits per heavy atom.